The molecule has 1 saturated heterocycles. The second-order valence-electron chi connectivity index (χ2n) is 5.38. The van der Waals surface area contributed by atoms with E-state index in [1.54, 1.807) is 11.3 Å². The van der Waals surface area contributed by atoms with Crippen molar-refractivity contribution < 1.29 is 9.53 Å². The number of rotatable bonds is 5. The summed E-state index contributed by atoms with van der Waals surface area (Å²) >= 11 is 1.70. The SMILES string of the molecule is NCC(c1cccs1)N1CCOCC1C(=O)NC1CC1. The summed E-state index contributed by atoms with van der Waals surface area (Å²) in [6.45, 7) is 2.39. The Labute approximate surface area is 123 Å². The number of nitrogens with two attached hydrogens (primary N) is 1. The maximum Gasteiger partial charge on any atom is 0.239 e. The van der Waals surface area contributed by atoms with E-state index in [1.165, 1.54) is 4.88 Å². The predicted molar refractivity (Wildman–Crippen MR) is 78.6 cm³/mol. The molecule has 3 rings (SSSR count). The van der Waals surface area contributed by atoms with Crippen LogP contribution in [0.4, 0.5) is 0 Å². The molecule has 0 radical (unpaired) electrons. The molecule has 2 unspecified atom stereocenters. The smallest absolute Gasteiger partial charge is 0.239 e. The first-order valence-corrected chi connectivity index (χ1v) is 8.05. The van der Waals surface area contributed by atoms with Gasteiger partial charge < -0.3 is 15.8 Å². The van der Waals surface area contributed by atoms with Crippen molar-refractivity contribution in [3.05, 3.63) is 22.4 Å². The Kier molecular flexibility index (Phi) is 4.35. The van der Waals surface area contributed by atoms with Crippen molar-refractivity contribution in [1.29, 1.82) is 0 Å². The molecular formula is C14H21N3O2S. The lowest BCUT2D eigenvalue weighted by atomic mass is 10.1. The van der Waals surface area contributed by atoms with Crippen LogP contribution in [0.15, 0.2) is 17.5 Å². The number of carbonyl (C=O) groups excluding carboxylic acids is 1. The fraction of sp³-hybridized carbons (Fsp3) is 0.643. The van der Waals surface area contributed by atoms with Gasteiger partial charge in [0.25, 0.3) is 0 Å². The van der Waals surface area contributed by atoms with Crippen LogP contribution in [0.3, 0.4) is 0 Å². The molecule has 6 heteroatoms. The van der Waals surface area contributed by atoms with E-state index in [1.807, 2.05) is 6.07 Å². The zero-order chi connectivity index (χ0) is 13.9. The quantitative estimate of drug-likeness (QED) is 0.840. The van der Waals surface area contributed by atoms with E-state index in [0.717, 1.165) is 19.4 Å². The Bertz CT molecular complexity index is 447. The third-order valence-corrected chi connectivity index (χ3v) is 4.86. The third kappa shape index (κ3) is 3.03. The van der Waals surface area contributed by atoms with Gasteiger partial charge in [0.05, 0.1) is 19.3 Å². The van der Waals surface area contributed by atoms with Crippen molar-refractivity contribution >= 4 is 17.2 Å². The summed E-state index contributed by atoms with van der Waals surface area (Å²) in [5, 5.41) is 5.13. The number of hydrogen-bond donors (Lipinski definition) is 2. The molecule has 1 aromatic rings. The van der Waals surface area contributed by atoms with Gasteiger partial charge in [-0.05, 0) is 24.3 Å². The van der Waals surface area contributed by atoms with Crippen LogP contribution >= 0.6 is 11.3 Å². The normalized spacial score (nSPS) is 25.4. The summed E-state index contributed by atoms with van der Waals surface area (Å²) in [6, 6.07) is 4.38. The summed E-state index contributed by atoms with van der Waals surface area (Å²) in [6.07, 6.45) is 2.20. The van der Waals surface area contributed by atoms with E-state index < -0.39 is 0 Å². The highest BCUT2D eigenvalue weighted by Crippen LogP contribution is 2.28. The highest BCUT2D eigenvalue weighted by molar-refractivity contribution is 7.10. The number of amides is 1. The zero-order valence-electron chi connectivity index (χ0n) is 11.5. The van der Waals surface area contributed by atoms with Gasteiger partial charge in [0.15, 0.2) is 0 Å². The Balaban J connectivity index is 1.74. The van der Waals surface area contributed by atoms with Crippen molar-refractivity contribution in [2.45, 2.75) is 31.0 Å². The molecule has 1 saturated carbocycles. The van der Waals surface area contributed by atoms with Crippen LogP contribution in [0, 0.1) is 0 Å². The molecule has 20 heavy (non-hydrogen) atoms. The van der Waals surface area contributed by atoms with E-state index in [4.69, 9.17) is 10.5 Å². The first kappa shape index (κ1) is 14.0. The minimum Gasteiger partial charge on any atom is -0.378 e. The fourth-order valence-electron chi connectivity index (χ4n) is 2.64. The van der Waals surface area contributed by atoms with Crippen molar-refractivity contribution in [2.24, 2.45) is 5.73 Å². The van der Waals surface area contributed by atoms with Crippen LogP contribution < -0.4 is 11.1 Å². The second-order valence-corrected chi connectivity index (χ2v) is 6.36. The van der Waals surface area contributed by atoms with Gasteiger partial charge in [0.1, 0.15) is 6.04 Å². The summed E-state index contributed by atoms with van der Waals surface area (Å²) in [4.78, 5) is 15.8. The molecule has 0 aromatic carbocycles. The Morgan fingerprint density at radius 3 is 3.10 bits per heavy atom. The second kappa shape index (κ2) is 6.22. The van der Waals surface area contributed by atoms with Gasteiger partial charge in [-0.1, -0.05) is 6.07 Å². The molecule has 0 spiro atoms. The summed E-state index contributed by atoms with van der Waals surface area (Å²) in [7, 11) is 0. The maximum atomic E-state index is 12.4. The van der Waals surface area contributed by atoms with Crippen LogP contribution in [-0.2, 0) is 9.53 Å². The van der Waals surface area contributed by atoms with E-state index in [0.29, 0.717) is 25.8 Å². The predicted octanol–water partition coefficient (Wildman–Crippen LogP) is 0.727. The van der Waals surface area contributed by atoms with Crippen LogP contribution in [-0.4, -0.2) is 49.2 Å². The number of nitrogens with one attached hydrogen (secondary N) is 1. The number of thiophene rings is 1. The molecule has 1 aliphatic heterocycles. The highest BCUT2D eigenvalue weighted by Gasteiger charge is 2.36. The Morgan fingerprint density at radius 1 is 1.60 bits per heavy atom. The molecule has 5 nitrogen and oxygen atoms in total. The first-order valence-electron chi connectivity index (χ1n) is 7.17. The number of hydrogen-bond acceptors (Lipinski definition) is 5. The van der Waals surface area contributed by atoms with Gasteiger partial charge in [-0.2, -0.15) is 0 Å². The minimum absolute atomic E-state index is 0.0854. The van der Waals surface area contributed by atoms with Gasteiger partial charge in [0, 0.05) is 24.0 Å². The average molecular weight is 295 g/mol. The highest BCUT2D eigenvalue weighted by atomic mass is 32.1. The third-order valence-electron chi connectivity index (χ3n) is 3.89. The van der Waals surface area contributed by atoms with E-state index >= 15 is 0 Å². The molecule has 110 valence electrons. The van der Waals surface area contributed by atoms with Crippen LogP contribution in [0.5, 0.6) is 0 Å². The first-order chi connectivity index (χ1) is 9.79. The van der Waals surface area contributed by atoms with Crippen LogP contribution in [0.1, 0.15) is 23.8 Å². The van der Waals surface area contributed by atoms with E-state index in [-0.39, 0.29) is 18.0 Å². The van der Waals surface area contributed by atoms with E-state index in [2.05, 4.69) is 21.7 Å². The van der Waals surface area contributed by atoms with Crippen molar-refractivity contribution in [1.82, 2.24) is 10.2 Å². The lowest BCUT2D eigenvalue weighted by Crippen LogP contribution is -2.56. The largest absolute Gasteiger partial charge is 0.378 e. The summed E-state index contributed by atoms with van der Waals surface area (Å²) in [5.41, 5.74) is 5.96. The number of carbonyl (C=O) groups is 1. The Hall–Kier alpha value is -0.950. The fourth-order valence-corrected chi connectivity index (χ4v) is 3.50. The Morgan fingerprint density at radius 2 is 2.45 bits per heavy atom. The van der Waals surface area contributed by atoms with Gasteiger partial charge in [-0.3, -0.25) is 9.69 Å². The van der Waals surface area contributed by atoms with Crippen LogP contribution in [0.25, 0.3) is 0 Å². The lowest BCUT2D eigenvalue weighted by Gasteiger charge is -2.39. The lowest BCUT2D eigenvalue weighted by molar-refractivity contribution is -0.134. The summed E-state index contributed by atoms with van der Waals surface area (Å²) in [5.74, 6) is 0.0854. The molecule has 2 heterocycles. The topological polar surface area (TPSA) is 67.6 Å². The average Bonchev–Trinajstić information content (AvgIpc) is 3.12. The van der Waals surface area contributed by atoms with Gasteiger partial charge in [-0.15, -0.1) is 11.3 Å². The molecule has 2 atom stereocenters. The van der Waals surface area contributed by atoms with E-state index in [9.17, 15) is 4.79 Å². The zero-order valence-corrected chi connectivity index (χ0v) is 12.3. The molecule has 0 bridgehead atoms. The van der Waals surface area contributed by atoms with Crippen molar-refractivity contribution in [3.8, 4) is 0 Å². The summed E-state index contributed by atoms with van der Waals surface area (Å²) < 4.78 is 5.51. The molecular weight excluding hydrogens is 274 g/mol. The molecule has 3 N–H and O–H groups in total. The standard InChI is InChI=1S/C14H21N3O2S/c15-8-11(13-2-1-7-20-13)17-5-6-19-9-12(17)14(18)16-10-3-4-10/h1-2,7,10-12H,3-6,8-9,15H2,(H,16,18). The molecule has 1 aliphatic carbocycles. The number of morpholine rings is 1. The maximum absolute atomic E-state index is 12.4. The van der Waals surface area contributed by atoms with Gasteiger partial charge in [0.2, 0.25) is 5.91 Å². The molecule has 1 aromatic heterocycles. The molecule has 2 fully saturated rings. The van der Waals surface area contributed by atoms with Gasteiger partial charge in [-0.25, -0.2) is 0 Å². The minimum atomic E-state index is -0.222. The van der Waals surface area contributed by atoms with Crippen LogP contribution in [0.2, 0.25) is 0 Å². The molecule has 2 aliphatic rings. The number of ether oxygens (including phenoxy) is 1. The molecule has 1 amide bonds. The van der Waals surface area contributed by atoms with Crippen molar-refractivity contribution in [2.75, 3.05) is 26.3 Å². The monoisotopic (exact) mass is 295 g/mol. The van der Waals surface area contributed by atoms with Gasteiger partial charge >= 0.3 is 0 Å². The number of nitrogens with zero attached hydrogens (tertiary/aromatic N) is 1. The van der Waals surface area contributed by atoms with Crippen molar-refractivity contribution in [3.63, 3.8) is 0 Å².